The van der Waals surface area contributed by atoms with Crippen molar-refractivity contribution in [2.45, 2.75) is 6.92 Å². The van der Waals surface area contributed by atoms with Crippen molar-refractivity contribution in [3.8, 4) is 11.1 Å². The molecular formula is C31H26N2. The second-order valence-electron chi connectivity index (χ2n) is 8.04. The van der Waals surface area contributed by atoms with Gasteiger partial charge in [-0.2, -0.15) is 0 Å². The lowest BCUT2D eigenvalue weighted by molar-refractivity contribution is 1.28. The first-order valence-corrected chi connectivity index (χ1v) is 11.2. The monoisotopic (exact) mass is 426 g/mol. The van der Waals surface area contributed by atoms with Gasteiger partial charge >= 0.3 is 0 Å². The van der Waals surface area contributed by atoms with Gasteiger partial charge in [-0.05, 0) is 72.1 Å². The maximum Gasteiger partial charge on any atom is 0.0696 e. The lowest BCUT2D eigenvalue weighted by Crippen LogP contribution is -2.11. The number of nitrogens with zero attached hydrogens (tertiary/aromatic N) is 1. The van der Waals surface area contributed by atoms with Crippen LogP contribution in [0.25, 0.3) is 11.1 Å². The van der Waals surface area contributed by atoms with Gasteiger partial charge in [-0.3, -0.25) is 0 Å². The maximum absolute atomic E-state index is 3.69. The van der Waals surface area contributed by atoms with E-state index in [9.17, 15) is 0 Å². The molecule has 0 bridgehead atoms. The summed E-state index contributed by atoms with van der Waals surface area (Å²) in [6, 6.07) is 46.5. The molecule has 0 fully saturated rings. The Labute approximate surface area is 195 Å². The highest BCUT2D eigenvalue weighted by atomic mass is 15.2. The molecule has 1 N–H and O–H groups in total. The Hall–Kier alpha value is -4.30. The van der Waals surface area contributed by atoms with E-state index in [1.54, 1.807) is 0 Å². The minimum Gasteiger partial charge on any atom is -0.354 e. The number of rotatable bonds is 6. The predicted molar refractivity (Wildman–Crippen MR) is 141 cm³/mol. The summed E-state index contributed by atoms with van der Waals surface area (Å²) in [5, 5.41) is 3.69. The Kier molecular flexibility index (Phi) is 5.90. The van der Waals surface area contributed by atoms with E-state index >= 15 is 0 Å². The highest BCUT2D eigenvalue weighted by molar-refractivity contribution is 5.87. The summed E-state index contributed by atoms with van der Waals surface area (Å²) < 4.78 is 0. The molecule has 5 aromatic carbocycles. The summed E-state index contributed by atoms with van der Waals surface area (Å²) in [7, 11) is 0. The van der Waals surface area contributed by atoms with Gasteiger partial charge in [0.25, 0.3) is 0 Å². The third-order valence-electron chi connectivity index (χ3n) is 5.78. The van der Waals surface area contributed by atoms with Crippen LogP contribution in [-0.2, 0) is 0 Å². The number of para-hydroxylation sites is 4. The van der Waals surface area contributed by atoms with Crippen molar-refractivity contribution in [2.24, 2.45) is 0 Å². The molecule has 0 heterocycles. The maximum atomic E-state index is 3.69. The van der Waals surface area contributed by atoms with Crippen LogP contribution in [0.2, 0.25) is 0 Å². The molecule has 0 saturated heterocycles. The molecule has 0 aliphatic carbocycles. The minimum atomic E-state index is 1.05. The molecule has 0 aromatic heterocycles. The molecule has 0 radical (unpaired) electrons. The van der Waals surface area contributed by atoms with Crippen molar-refractivity contribution >= 4 is 28.4 Å². The average Bonchev–Trinajstić information content (AvgIpc) is 2.88. The standard InChI is InChI=1S/C31H26N2/c1-24-21-22-26(23-29(24)25-13-5-2-6-14-25)32-30-19-11-12-20-31(30)33(27-15-7-3-8-16-27)28-17-9-4-10-18-28/h2-23,32H,1H3. The Morgan fingerprint density at radius 1 is 0.545 bits per heavy atom. The molecule has 0 aliphatic heterocycles. The van der Waals surface area contributed by atoms with Crippen molar-refractivity contribution in [3.63, 3.8) is 0 Å². The fourth-order valence-electron chi connectivity index (χ4n) is 4.14. The molecule has 0 amide bonds. The normalized spacial score (nSPS) is 10.6. The summed E-state index contributed by atoms with van der Waals surface area (Å²) in [5.74, 6) is 0. The first kappa shape index (κ1) is 20.6. The highest BCUT2D eigenvalue weighted by Gasteiger charge is 2.15. The lowest BCUT2D eigenvalue weighted by Gasteiger charge is -2.28. The molecule has 5 rings (SSSR count). The quantitative estimate of drug-likeness (QED) is 0.292. The summed E-state index contributed by atoms with van der Waals surface area (Å²) in [4.78, 5) is 2.29. The average molecular weight is 427 g/mol. The minimum absolute atomic E-state index is 1.05. The molecule has 160 valence electrons. The van der Waals surface area contributed by atoms with Crippen LogP contribution >= 0.6 is 0 Å². The molecular weight excluding hydrogens is 400 g/mol. The molecule has 0 aliphatic rings. The number of benzene rings is 5. The van der Waals surface area contributed by atoms with E-state index in [4.69, 9.17) is 0 Å². The van der Waals surface area contributed by atoms with E-state index in [2.05, 4.69) is 138 Å². The van der Waals surface area contributed by atoms with E-state index in [0.29, 0.717) is 0 Å². The SMILES string of the molecule is Cc1ccc(Nc2ccccc2N(c2ccccc2)c2ccccc2)cc1-c1ccccc1. The highest BCUT2D eigenvalue weighted by Crippen LogP contribution is 2.40. The number of anilines is 5. The third-order valence-corrected chi connectivity index (χ3v) is 5.78. The Morgan fingerprint density at radius 3 is 1.73 bits per heavy atom. The van der Waals surface area contributed by atoms with Crippen LogP contribution < -0.4 is 10.2 Å². The summed E-state index contributed by atoms with van der Waals surface area (Å²) in [5.41, 5.74) is 9.16. The summed E-state index contributed by atoms with van der Waals surface area (Å²) >= 11 is 0. The van der Waals surface area contributed by atoms with Gasteiger partial charge in [0.05, 0.1) is 11.4 Å². The van der Waals surface area contributed by atoms with Crippen LogP contribution in [0.1, 0.15) is 5.56 Å². The topological polar surface area (TPSA) is 15.3 Å². The zero-order valence-electron chi connectivity index (χ0n) is 18.6. The van der Waals surface area contributed by atoms with Crippen molar-refractivity contribution in [2.75, 3.05) is 10.2 Å². The van der Waals surface area contributed by atoms with Crippen LogP contribution in [0.5, 0.6) is 0 Å². The summed E-state index contributed by atoms with van der Waals surface area (Å²) in [6.07, 6.45) is 0. The van der Waals surface area contributed by atoms with E-state index in [0.717, 1.165) is 28.4 Å². The Morgan fingerprint density at radius 2 is 1.09 bits per heavy atom. The number of aryl methyl sites for hydroxylation is 1. The van der Waals surface area contributed by atoms with Gasteiger partial charge in [-0.25, -0.2) is 0 Å². The molecule has 5 aromatic rings. The zero-order valence-corrected chi connectivity index (χ0v) is 18.6. The van der Waals surface area contributed by atoms with Crippen LogP contribution in [0.15, 0.2) is 133 Å². The molecule has 0 spiro atoms. The number of nitrogens with one attached hydrogen (secondary N) is 1. The van der Waals surface area contributed by atoms with Crippen LogP contribution in [-0.4, -0.2) is 0 Å². The van der Waals surface area contributed by atoms with Gasteiger partial charge in [-0.1, -0.05) is 84.9 Å². The second-order valence-corrected chi connectivity index (χ2v) is 8.04. The lowest BCUT2D eigenvalue weighted by atomic mass is 10.00. The van der Waals surface area contributed by atoms with Gasteiger partial charge in [-0.15, -0.1) is 0 Å². The van der Waals surface area contributed by atoms with Crippen LogP contribution in [0, 0.1) is 6.92 Å². The third kappa shape index (κ3) is 4.51. The fraction of sp³-hybridized carbons (Fsp3) is 0.0323. The van der Waals surface area contributed by atoms with Gasteiger partial charge in [0.15, 0.2) is 0 Å². The molecule has 0 saturated carbocycles. The van der Waals surface area contributed by atoms with E-state index in [1.807, 2.05) is 12.1 Å². The van der Waals surface area contributed by atoms with E-state index in [1.165, 1.54) is 16.7 Å². The second kappa shape index (κ2) is 9.46. The van der Waals surface area contributed by atoms with E-state index < -0.39 is 0 Å². The predicted octanol–water partition coefficient (Wildman–Crippen LogP) is 8.88. The van der Waals surface area contributed by atoms with Gasteiger partial charge in [0.2, 0.25) is 0 Å². The van der Waals surface area contributed by atoms with Crippen molar-refractivity contribution in [1.82, 2.24) is 0 Å². The molecule has 33 heavy (non-hydrogen) atoms. The summed E-state index contributed by atoms with van der Waals surface area (Å²) in [6.45, 7) is 2.16. The molecule has 2 heteroatoms. The van der Waals surface area contributed by atoms with E-state index in [-0.39, 0.29) is 0 Å². The smallest absolute Gasteiger partial charge is 0.0696 e. The van der Waals surface area contributed by atoms with Crippen molar-refractivity contribution in [3.05, 3.63) is 139 Å². The Bertz CT molecular complexity index is 1290. The largest absolute Gasteiger partial charge is 0.354 e. The first-order valence-electron chi connectivity index (χ1n) is 11.2. The number of hydrogen-bond acceptors (Lipinski definition) is 2. The van der Waals surface area contributed by atoms with Crippen molar-refractivity contribution in [1.29, 1.82) is 0 Å². The Balaban J connectivity index is 1.57. The van der Waals surface area contributed by atoms with Gasteiger partial charge in [0, 0.05) is 17.1 Å². The fourth-order valence-corrected chi connectivity index (χ4v) is 4.14. The molecule has 2 nitrogen and oxygen atoms in total. The van der Waals surface area contributed by atoms with Crippen LogP contribution in [0.4, 0.5) is 28.4 Å². The number of hydrogen-bond donors (Lipinski definition) is 1. The first-order chi connectivity index (χ1) is 16.3. The molecule has 0 unspecified atom stereocenters. The van der Waals surface area contributed by atoms with Gasteiger partial charge < -0.3 is 10.2 Å². The zero-order chi connectivity index (χ0) is 22.5. The van der Waals surface area contributed by atoms with Gasteiger partial charge in [0.1, 0.15) is 0 Å². The van der Waals surface area contributed by atoms with Crippen LogP contribution in [0.3, 0.4) is 0 Å². The van der Waals surface area contributed by atoms with Crippen molar-refractivity contribution < 1.29 is 0 Å². The molecule has 0 atom stereocenters.